The van der Waals surface area contributed by atoms with Gasteiger partial charge in [0, 0.05) is 19.4 Å². The van der Waals surface area contributed by atoms with Crippen molar-refractivity contribution in [2.45, 2.75) is 59.0 Å². The summed E-state index contributed by atoms with van der Waals surface area (Å²) in [5.41, 5.74) is 4.30. The fraction of sp³-hybridized carbons (Fsp3) is 0.444. The molecule has 3 N–H and O–H groups in total. The first-order chi connectivity index (χ1) is 16.8. The van der Waals surface area contributed by atoms with Crippen LogP contribution in [0.4, 0.5) is 0 Å². The molecule has 0 radical (unpaired) electrons. The molecule has 0 saturated carbocycles. The largest absolute Gasteiger partial charge is 0.371 e. The Bertz CT molecular complexity index is 921. The lowest BCUT2D eigenvalue weighted by Crippen LogP contribution is -2.54. The van der Waals surface area contributed by atoms with E-state index in [0.717, 1.165) is 11.1 Å². The zero-order valence-electron chi connectivity index (χ0n) is 21.0. The van der Waals surface area contributed by atoms with Gasteiger partial charge in [0.1, 0.15) is 6.04 Å². The summed E-state index contributed by atoms with van der Waals surface area (Å²) in [5.74, 6) is -1.58. The second-order valence-corrected chi connectivity index (χ2v) is 8.93. The predicted octanol–water partition coefficient (Wildman–Crippen LogP) is 3.12. The summed E-state index contributed by atoms with van der Waals surface area (Å²) in [7, 11) is 1.51. The summed E-state index contributed by atoms with van der Waals surface area (Å²) in [6.07, 6.45) is -0.155. The summed E-state index contributed by atoms with van der Waals surface area (Å²) in [6.45, 7) is 6.23. The van der Waals surface area contributed by atoms with Crippen LogP contribution >= 0.6 is 0 Å². The molecule has 8 heteroatoms. The third-order valence-corrected chi connectivity index (χ3v) is 5.48. The van der Waals surface area contributed by atoms with Gasteiger partial charge in [-0.05, 0) is 30.4 Å². The van der Waals surface area contributed by atoms with E-state index in [-0.39, 0.29) is 30.8 Å². The molecule has 0 aliphatic heterocycles. The molecular formula is C27H37N3O5. The van der Waals surface area contributed by atoms with E-state index < -0.39 is 24.0 Å². The lowest BCUT2D eigenvalue weighted by molar-refractivity contribution is -0.140. The minimum Gasteiger partial charge on any atom is -0.371 e. The number of carbonyl (C=O) groups is 3. The minimum atomic E-state index is -0.900. The Hall–Kier alpha value is -3.23. The number of amides is 3. The van der Waals surface area contributed by atoms with Crippen LogP contribution in [0.3, 0.4) is 0 Å². The van der Waals surface area contributed by atoms with Crippen LogP contribution in [0.5, 0.6) is 0 Å². The highest BCUT2D eigenvalue weighted by Gasteiger charge is 2.31. The molecule has 2 aromatic carbocycles. The minimum absolute atomic E-state index is 0.0570. The van der Waals surface area contributed by atoms with E-state index in [1.54, 1.807) is 6.92 Å². The van der Waals surface area contributed by atoms with Crippen LogP contribution in [0.15, 0.2) is 60.7 Å². The smallest absolute Gasteiger partial charge is 0.245 e. The standard InChI is InChI=1S/C27H37N3O5/c1-19(2)15-23(16-24(31)30-35-18-22-13-9-6-10-14-22)26(32)29-25(27(33)28-4)20(3)34-17-21-11-7-5-8-12-21/h5-14,19-20,23,25H,15-18H2,1-4H3,(H,28,33)(H,29,32)(H,30,31)/t20-,23?,25+/m1/s1. The van der Waals surface area contributed by atoms with Crippen molar-refractivity contribution < 1.29 is 24.0 Å². The maximum Gasteiger partial charge on any atom is 0.245 e. The van der Waals surface area contributed by atoms with Crippen molar-refractivity contribution in [1.29, 1.82) is 0 Å². The molecule has 0 fully saturated rings. The highest BCUT2D eigenvalue weighted by atomic mass is 16.6. The van der Waals surface area contributed by atoms with Crippen LogP contribution in [-0.4, -0.2) is 36.9 Å². The first-order valence-electron chi connectivity index (χ1n) is 11.9. The van der Waals surface area contributed by atoms with E-state index in [1.165, 1.54) is 7.05 Å². The average molecular weight is 484 g/mol. The molecular weight excluding hydrogens is 446 g/mol. The second kappa shape index (κ2) is 14.9. The molecule has 3 amide bonds. The van der Waals surface area contributed by atoms with E-state index in [2.05, 4.69) is 16.1 Å². The van der Waals surface area contributed by atoms with Gasteiger partial charge in [0.25, 0.3) is 0 Å². The Morgan fingerprint density at radius 3 is 1.94 bits per heavy atom. The first-order valence-corrected chi connectivity index (χ1v) is 11.9. The molecule has 2 aromatic rings. The number of likely N-dealkylation sites (N-methyl/N-ethyl adjacent to an activating group) is 1. The quantitative estimate of drug-likeness (QED) is 0.358. The van der Waals surface area contributed by atoms with Crippen LogP contribution in [0.1, 0.15) is 44.7 Å². The van der Waals surface area contributed by atoms with Crippen molar-refractivity contribution in [3.63, 3.8) is 0 Å². The van der Waals surface area contributed by atoms with Crippen molar-refractivity contribution >= 4 is 17.7 Å². The number of carbonyl (C=O) groups excluding carboxylic acids is 3. The Labute approximate surface area is 207 Å². The van der Waals surface area contributed by atoms with Gasteiger partial charge in [-0.2, -0.15) is 0 Å². The van der Waals surface area contributed by atoms with Gasteiger partial charge in [-0.15, -0.1) is 0 Å². The van der Waals surface area contributed by atoms with E-state index in [0.29, 0.717) is 13.0 Å². The summed E-state index contributed by atoms with van der Waals surface area (Å²) >= 11 is 0. The average Bonchev–Trinajstić information content (AvgIpc) is 2.85. The maximum atomic E-state index is 13.2. The number of benzene rings is 2. The third kappa shape index (κ3) is 10.3. The molecule has 0 aromatic heterocycles. The summed E-state index contributed by atoms with van der Waals surface area (Å²) in [6, 6.07) is 18.1. The van der Waals surface area contributed by atoms with E-state index in [1.807, 2.05) is 74.5 Å². The molecule has 1 unspecified atom stereocenters. The zero-order valence-corrected chi connectivity index (χ0v) is 21.0. The molecule has 35 heavy (non-hydrogen) atoms. The van der Waals surface area contributed by atoms with Gasteiger partial charge in [0.05, 0.1) is 19.3 Å². The van der Waals surface area contributed by atoms with E-state index >= 15 is 0 Å². The molecule has 0 aliphatic carbocycles. The van der Waals surface area contributed by atoms with Crippen LogP contribution < -0.4 is 16.1 Å². The molecule has 0 spiro atoms. The lowest BCUT2D eigenvalue weighted by Gasteiger charge is -2.27. The Morgan fingerprint density at radius 1 is 0.829 bits per heavy atom. The summed E-state index contributed by atoms with van der Waals surface area (Å²) in [4.78, 5) is 43.5. The van der Waals surface area contributed by atoms with Gasteiger partial charge < -0.3 is 15.4 Å². The topological polar surface area (TPSA) is 106 Å². The van der Waals surface area contributed by atoms with Crippen LogP contribution in [0.25, 0.3) is 0 Å². The number of hydrogen-bond acceptors (Lipinski definition) is 5. The fourth-order valence-corrected chi connectivity index (χ4v) is 3.61. The number of ether oxygens (including phenoxy) is 1. The van der Waals surface area contributed by atoms with Crippen LogP contribution in [0.2, 0.25) is 0 Å². The Balaban J connectivity index is 1.96. The molecule has 0 aliphatic rings. The monoisotopic (exact) mass is 483 g/mol. The fourth-order valence-electron chi connectivity index (χ4n) is 3.61. The van der Waals surface area contributed by atoms with Gasteiger partial charge in [-0.3, -0.25) is 19.2 Å². The van der Waals surface area contributed by atoms with Crippen molar-refractivity contribution in [3.8, 4) is 0 Å². The van der Waals surface area contributed by atoms with Gasteiger partial charge in [-0.25, -0.2) is 5.48 Å². The second-order valence-electron chi connectivity index (χ2n) is 8.93. The highest BCUT2D eigenvalue weighted by molar-refractivity contribution is 5.90. The summed E-state index contributed by atoms with van der Waals surface area (Å²) in [5, 5.41) is 5.38. The molecule has 0 saturated heterocycles. The van der Waals surface area contributed by atoms with Crippen molar-refractivity contribution in [2.24, 2.45) is 11.8 Å². The molecule has 190 valence electrons. The zero-order chi connectivity index (χ0) is 25.6. The number of rotatable bonds is 14. The van der Waals surface area contributed by atoms with Crippen LogP contribution in [-0.2, 0) is 37.2 Å². The lowest BCUT2D eigenvalue weighted by atomic mass is 9.92. The molecule has 0 bridgehead atoms. The maximum absolute atomic E-state index is 13.2. The molecule has 2 rings (SSSR count). The van der Waals surface area contributed by atoms with Crippen molar-refractivity contribution in [3.05, 3.63) is 71.8 Å². The predicted molar refractivity (Wildman–Crippen MR) is 134 cm³/mol. The SMILES string of the molecule is CNC(=O)[C@@H](NC(=O)C(CC(=O)NOCc1ccccc1)CC(C)C)[C@@H](C)OCc1ccccc1. The summed E-state index contributed by atoms with van der Waals surface area (Å²) < 4.78 is 5.88. The normalized spacial score (nSPS) is 13.5. The number of hydroxylamine groups is 1. The van der Waals surface area contributed by atoms with Gasteiger partial charge in [0.15, 0.2) is 0 Å². The molecule has 0 heterocycles. The Kier molecular flexibility index (Phi) is 11.9. The molecule has 3 atom stereocenters. The van der Waals surface area contributed by atoms with Gasteiger partial charge in [-0.1, -0.05) is 74.5 Å². The van der Waals surface area contributed by atoms with E-state index in [4.69, 9.17) is 9.57 Å². The molecule has 8 nitrogen and oxygen atoms in total. The number of hydrogen-bond donors (Lipinski definition) is 3. The third-order valence-electron chi connectivity index (χ3n) is 5.48. The van der Waals surface area contributed by atoms with Crippen molar-refractivity contribution in [2.75, 3.05) is 7.05 Å². The highest BCUT2D eigenvalue weighted by Crippen LogP contribution is 2.17. The first kappa shape index (κ1) is 28.0. The van der Waals surface area contributed by atoms with Gasteiger partial charge in [0.2, 0.25) is 17.7 Å². The van der Waals surface area contributed by atoms with Gasteiger partial charge >= 0.3 is 0 Å². The van der Waals surface area contributed by atoms with E-state index in [9.17, 15) is 14.4 Å². The van der Waals surface area contributed by atoms with Crippen molar-refractivity contribution in [1.82, 2.24) is 16.1 Å². The number of nitrogens with one attached hydrogen (secondary N) is 3. The van der Waals surface area contributed by atoms with Crippen LogP contribution in [0, 0.1) is 11.8 Å². The Morgan fingerprint density at radius 2 is 1.40 bits per heavy atom.